The SMILES string of the molecule is CCOC(=O)c1ccc2cc(-c3ccc(O)cc3)c(F)cc2n1. The van der Waals surface area contributed by atoms with E-state index >= 15 is 0 Å². The molecule has 0 spiro atoms. The lowest BCUT2D eigenvalue weighted by Crippen LogP contribution is -2.06. The number of benzene rings is 2. The fourth-order valence-electron chi connectivity index (χ4n) is 2.33. The Balaban J connectivity index is 2.07. The van der Waals surface area contributed by atoms with Gasteiger partial charge in [-0.15, -0.1) is 0 Å². The number of ether oxygens (including phenoxy) is 1. The van der Waals surface area contributed by atoms with Crippen molar-refractivity contribution in [3.8, 4) is 16.9 Å². The van der Waals surface area contributed by atoms with Gasteiger partial charge in [0.15, 0.2) is 0 Å². The maximum atomic E-state index is 14.4. The summed E-state index contributed by atoms with van der Waals surface area (Å²) >= 11 is 0. The third-order valence-corrected chi connectivity index (χ3v) is 3.44. The number of phenols is 1. The Bertz CT molecular complexity index is 875. The van der Waals surface area contributed by atoms with E-state index in [9.17, 15) is 14.3 Å². The number of carbonyl (C=O) groups is 1. The molecule has 1 N–H and O–H groups in total. The molecular formula is C18H14FNO3. The number of pyridine rings is 1. The summed E-state index contributed by atoms with van der Waals surface area (Å²) in [5.74, 6) is -0.857. The topological polar surface area (TPSA) is 59.4 Å². The van der Waals surface area contributed by atoms with E-state index in [-0.39, 0.29) is 18.1 Å². The summed E-state index contributed by atoms with van der Waals surface area (Å²) in [6.45, 7) is 1.97. The summed E-state index contributed by atoms with van der Waals surface area (Å²) in [5, 5.41) is 10.0. The molecule has 3 rings (SSSR count). The van der Waals surface area contributed by atoms with Crippen molar-refractivity contribution < 1.29 is 19.0 Å². The highest BCUT2D eigenvalue weighted by Crippen LogP contribution is 2.28. The molecule has 0 atom stereocenters. The minimum absolute atomic E-state index is 0.121. The van der Waals surface area contributed by atoms with E-state index in [0.717, 1.165) is 0 Å². The predicted octanol–water partition coefficient (Wildman–Crippen LogP) is 3.92. The largest absolute Gasteiger partial charge is 0.508 e. The molecule has 0 saturated carbocycles. The Hall–Kier alpha value is -2.95. The number of nitrogens with zero attached hydrogens (tertiary/aromatic N) is 1. The van der Waals surface area contributed by atoms with Gasteiger partial charge in [-0.3, -0.25) is 0 Å². The van der Waals surface area contributed by atoms with Crippen LogP contribution in [0.2, 0.25) is 0 Å². The highest BCUT2D eigenvalue weighted by Gasteiger charge is 2.12. The third kappa shape index (κ3) is 2.99. The fraction of sp³-hybridized carbons (Fsp3) is 0.111. The van der Waals surface area contributed by atoms with Gasteiger partial charge in [-0.25, -0.2) is 14.2 Å². The van der Waals surface area contributed by atoms with Crippen molar-refractivity contribution >= 4 is 16.9 Å². The fourth-order valence-corrected chi connectivity index (χ4v) is 2.33. The third-order valence-electron chi connectivity index (χ3n) is 3.44. The monoisotopic (exact) mass is 311 g/mol. The van der Waals surface area contributed by atoms with Crippen LogP contribution in [0.1, 0.15) is 17.4 Å². The van der Waals surface area contributed by atoms with Crippen molar-refractivity contribution in [1.82, 2.24) is 4.98 Å². The average molecular weight is 311 g/mol. The molecule has 1 aromatic heterocycles. The molecule has 0 aliphatic heterocycles. The van der Waals surface area contributed by atoms with Crippen LogP contribution in [0.4, 0.5) is 4.39 Å². The summed E-state index contributed by atoms with van der Waals surface area (Å²) in [4.78, 5) is 15.8. The van der Waals surface area contributed by atoms with Gasteiger partial charge < -0.3 is 9.84 Å². The Kier molecular flexibility index (Phi) is 3.93. The molecule has 23 heavy (non-hydrogen) atoms. The van der Waals surface area contributed by atoms with Gasteiger partial charge in [0.2, 0.25) is 0 Å². The van der Waals surface area contributed by atoms with Crippen LogP contribution in [0.5, 0.6) is 5.75 Å². The molecule has 116 valence electrons. The van der Waals surface area contributed by atoms with Crippen LogP contribution >= 0.6 is 0 Å². The Morgan fingerprint density at radius 3 is 2.61 bits per heavy atom. The van der Waals surface area contributed by atoms with Crippen LogP contribution in [0.3, 0.4) is 0 Å². The first-order chi connectivity index (χ1) is 11.1. The van der Waals surface area contributed by atoms with Crippen LogP contribution in [0.25, 0.3) is 22.0 Å². The van der Waals surface area contributed by atoms with E-state index in [1.807, 2.05) is 0 Å². The Morgan fingerprint density at radius 2 is 1.91 bits per heavy atom. The number of hydrogen-bond acceptors (Lipinski definition) is 4. The van der Waals surface area contributed by atoms with Gasteiger partial charge in [0.05, 0.1) is 12.1 Å². The van der Waals surface area contributed by atoms with Crippen molar-refractivity contribution in [2.45, 2.75) is 6.92 Å². The van der Waals surface area contributed by atoms with Crippen LogP contribution in [-0.2, 0) is 4.74 Å². The number of aromatic nitrogens is 1. The molecule has 4 nitrogen and oxygen atoms in total. The van der Waals surface area contributed by atoms with E-state index in [0.29, 0.717) is 22.0 Å². The molecule has 0 radical (unpaired) electrons. The molecule has 1 heterocycles. The van der Waals surface area contributed by atoms with E-state index in [1.54, 1.807) is 37.3 Å². The number of phenolic OH excluding ortho intramolecular Hbond substituents is 1. The summed E-state index contributed by atoms with van der Waals surface area (Å²) in [6.07, 6.45) is 0. The maximum absolute atomic E-state index is 14.4. The zero-order valence-electron chi connectivity index (χ0n) is 12.4. The molecule has 2 aromatic carbocycles. The van der Waals surface area contributed by atoms with Crippen molar-refractivity contribution in [2.24, 2.45) is 0 Å². The molecule has 0 fully saturated rings. The maximum Gasteiger partial charge on any atom is 0.356 e. The molecule has 3 aromatic rings. The van der Waals surface area contributed by atoms with Crippen molar-refractivity contribution in [3.63, 3.8) is 0 Å². The number of rotatable bonds is 3. The van der Waals surface area contributed by atoms with Gasteiger partial charge in [0.1, 0.15) is 17.3 Å². The lowest BCUT2D eigenvalue weighted by Gasteiger charge is -2.07. The average Bonchev–Trinajstić information content (AvgIpc) is 2.55. The van der Waals surface area contributed by atoms with Crippen LogP contribution < -0.4 is 0 Å². The van der Waals surface area contributed by atoms with E-state index in [4.69, 9.17) is 4.74 Å². The number of carbonyl (C=O) groups excluding carboxylic acids is 1. The van der Waals surface area contributed by atoms with Gasteiger partial charge in [0.25, 0.3) is 0 Å². The Labute approximate surface area is 132 Å². The van der Waals surface area contributed by atoms with Crippen molar-refractivity contribution in [3.05, 3.63) is 60.0 Å². The predicted molar refractivity (Wildman–Crippen MR) is 84.8 cm³/mol. The lowest BCUT2D eigenvalue weighted by molar-refractivity contribution is 0.0520. The standard InChI is InChI=1S/C18H14FNO3/c1-2-23-18(22)16-8-5-12-9-14(15(19)10-17(12)20-16)11-3-6-13(21)7-4-11/h3-10,21H,2H2,1H3. The van der Waals surface area contributed by atoms with Crippen molar-refractivity contribution in [1.29, 1.82) is 0 Å². The van der Waals surface area contributed by atoms with Gasteiger partial charge >= 0.3 is 5.97 Å². The first-order valence-electron chi connectivity index (χ1n) is 7.15. The first-order valence-corrected chi connectivity index (χ1v) is 7.15. The van der Waals surface area contributed by atoms with E-state index in [1.165, 1.54) is 18.2 Å². The van der Waals surface area contributed by atoms with Crippen molar-refractivity contribution in [2.75, 3.05) is 6.61 Å². The van der Waals surface area contributed by atoms with Gasteiger partial charge in [-0.1, -0.05) is 18.2 Å². The first kappa shape index (κ1) is 15.0. The molecule has 0 unspecified atom stereocenters. The zero-order chi connectivity index (χ0) is 16.4. The lowest BCUT2D eigenvalue weighted by atomic mass is 10.0. The number of aromatic hydroxyl groups is 1. The minimum atomic E-state index is -0.530. The molecule has 0 aliphatic carbocycles. The molecule has 5 heteroatoms. The Morgan fingerprint density at radius 1 is 1.17 bits per heavy atom. The summed E-state index contributed by atoms with van der Waals surface area (Å²) < 4.78 is 19.3. The molecular weight excluding hydrogens is 297 g/mol. The number of hydrogen-bond donors (Lipinski definition) is 1. The molecule has 0 bridgehead atoms. The highest BCUT2D eigenvalue weighted by molar-refractivity contribution is 5.92. The zero-order valence-corrected chi connectivity index (χ0v) is 12.4. The molecule has 0 aliphatic rings. The van der Waals surface area contributed by atoms with Gasteiger partial charge in [-0.2, -0.15) is 0 Å². The smallest absolute Gasteiger partial charge is 0.356 e. The van der Waals surface area contributed by atoms with Crippen LogP contribution in [0, 0.1) is 5.82 Å². The highest BCUT2D eigenvalue weighted by atomic mass is 19.1. The summed E-state index contributed by atoms with van der Waals surface area (Å²) in [5.41, 5.74) is 1.59. The van der Waals surface area contributed by atoms with E-state index < -0.39 is 11.8 Å². The number of halogens is 1. The second-order valence-electron chi connectivity index (χ2n) is 4.99. The number of esters is 1. The number of fused-ring (bicyclic) bond motifs is 1. The second-order valence-corrected chi connectivity index (χ2v) is 4.99. The molecule has 0 amide bonds. The normalized spacial score (nSPS) is 10.7. The summed E-state index contributed by atoms with van der Waals surface area (Å²) in [7, 11) is 0. The van der Waals surface area contributed by atoms with Crippen LogP contribution in [-0.4, -0.2) is 22.7 Å². The van der Waals surface area contributed by atoms with E-state index in [2.05, 4.69) is 4.98 Å². The quantitative estimate of drug-likeness (QED) is 0.745. The van der Waals surface area contributed by atoms with Gasteiger partial charge in [-0.05, 0) is 36.8 Å². The second kappa shape index (κ2) is 6.04. The molecule has 0 saturated heterocycles. The van der Waals surface area contributed by atoms with Crippen LogP contribution in [0.15, 0.2) is 48.5 Å². The minimum Gasteiger partial charge on any atom is -0.508 e. The van der Waals surface area contributed by atoms with Gasteiger partial charge in [0, 0.05) is 17.0 Å². The summed E-state index contributed by atoms with van der Waals surface area (Å²) in [6, 6.07) is 12.5.